The van der Waals surface area contributed by atoms with Crippen molar-refractivity contribution in [2.24, 2.45) is 0 Å². The van der Waals surface area contributed by atoms with Crippen LogP contribution in [0.15, 0.2) is 41.2 Å². The number of H-pyrrole nitrogens is 1. The van der Waals surface area contributed by atoms with Crippen molar-refractivity contribution in [2.45, 2.75) is 18.9 Å². The number of nitrogens with zero attached hydrogens (tertiary/aromatic N) is 1. The van der Waals surface area contributed by atoms with Crippen molar-refractivity contribution in [3.05, 3.63) is 63.6 Å². The monoisotopic (exact) mass is 255 g/mol. The second kappa shape index (κ2) is 4.68. The molecule has 1 aromatic carbocycles. The fourth-order valence-electron chi connectivity index (χ4n) is 2.39. The van der Waals surface area contributed by atoms with Gasteiger partial charge in [-0.3, -0.25) is 9.59 Å². The Kier molecular flexibility index (Phi) is 2.87. The highest BCUT2D eigenvalue weighted by molar-refractivity contribution is 5.92. The number of aromatic amines is 1. The molecule has 2 N–H and O–H groups in total. The molecule has 96 valence electrons. The zero-order valence-corrected chi connectivity index (χ0v) is 10.2. The third-order valence-electron chi connectivity index (χ3n) is 3.30. The SMILES string of the molecule is O=C(NC1Cc2ccccc2C1)c1ccc(=O)[nH]n1. The summed E-state index contributed by atoms with van der Waals surface area (Å²) in [7, 11) is 0. The van der Waals surface area contributed by atoms with E-state index in [-0.39, 0.29) is 23.2 Å². The van der Waals surface area contributed by atoms with Crippen molar-refractivity contribution >= 4 is 5.91 Å². The number of carbonyl (C=O) groups is 1. The number of benzene rings is 1. The van der Waals surface area contributed by atoms with E-state index in [0.717, 1.165) is 12.8 Å². The first kappa shape index (κ1) is 11.6. The normalized spacial score (nSPS) is 14.1. The lowest BCUT2D eigenvalue weighted by molar-refractivity contribution is 0.0932. The lowest BCUT2D eigenvalue weighted by Crippen LogP contribution is -2.36. The Hall–Kier alpha value is -2.43. The Morgan fingerprint density at radius 2 is 1.84 bits per heavy atom. The molecule has 0 unspecified atom stereocenters. The second-order valence-corrected chi connectivity index (χ2v) is 4.65. The molecule has 19 heavy (non-hydrogen) atoms. The summed E-state index contributed by atoms with van der Waals surface area (Å²) in [5, 5.41) is 8.91. The molecule has 1 amide bonds. The Balaban J connectivity index is 1.69. The number of hydrogen-bond donors (Lipinski definition) is 2. The zero-order valence-electron chi connectivity index (χ0n) is 10.2. The van der Waals surface area contributed by atoms with Crippen molar-refractivity contribution in [3.63, 3.8) is 0 Å². The molecule has 5 heteroatoms. The van der Waals surface area contributed by atoms with Gasteiger partial charge in [0.1, 0.15) is 5.69 Å². The number of amides is 1. The molecule has 0 atom stereocenters. The highest BCUT2D eigenvalue weighted by atomic mass is 16.2. The van der Waals surface area contributed by atoms with Crippen molar-refractivity contribution in [2.75, 3.05) is 0 Å². The molecule has 0 saturated carbocycles. The van der Waals surface area contributed by atoms with Gasteiger partial charge in [0.2, 0.25) is 0 Å². The summed E-state index contributed by atoms with van der Waals surface area (Å²) in [6.45, 7) is 0. The van der Waals surface area contributed by atoms with Crippen LogP contribution in [0.25, 0.3) is 0 Å². The smallest absolute Gasteiger partial charge is 0.271 e. The van der Waals surface area contributed by atoms with Gasteiger partial charge in [-0.1, -0.05) is 24.3 Å². The molecule has 0 bridgehead atoms. The number of carbonyl (C=O) groups excluding carboxylic acids is 1. The summed E-state index contributed by atoms with van der Waals surface area (Å²) in [4.78, 5) is 22.9. The maximum atomic E-state index is 12.0. The Labute approximate surface area is 109 Å². The first-order valence-electron chi connectivity index (χ1n) is 6.16. The molecule has 5 nitrogen and oxygen atoms in total. The second-order valence-electron chi connectivity index (χ2n) is 4.65. The molecule has 0 fully saturated rings. The fourth-order valence-corrected chi connectivity index (χ4v) is 2.39. The molecular weight excluding hydrogens is 242 g/mol. The summed E-state index contributed by atoms with van der Waals surface area (Å²) in [5.74, 6) is -0.256. The summed E-state index contributed by atoms with van der Waals surface area (Å²) in [6, 6.07) is 11.0. The van der Waals surface area contributed by atoms with E-state index in [1.54, 1.807) is 0 Å². The third-order valence-corrected chi connectivity index (χ3v) is 3.30. The largest absolute Gasteiger partial charge is 0.347 e. The third kappa shape index (κ3) is 2.40. The zero-order chi connectivity index (χ0) is 13.2. The Morgan fingerprint density at radius 1 is 1.16 bits per heavy atom. The van der Waals surface area contributed by atoms with Crippen LogP contribution < -0.4 is 10.9 Å². The van der Waals surface area contributed by atoms with Crippen LogP contribution in [0, 0.1) is 0 Å². The lowest BCUT2D eigenvalue weighted by Gasteiger charge is -2.11. The van der Waals surface area contributed by atoms with Gasteiger partial charge in [-0.05, 0) is 30.0 Å². The van der Waals surface area contributed by atoms with E-state index in [1.165, 1.54) is 23.3 Å². The first-order chi connectivity index (χ1) is 9.22. The minimum atomic E-state index is -0.315. The summed E-state index contributed by atoms with van der Waals surface area (Å²) >= 11 is 0. The van der Waals surface area contributed by atoms with Crippen molar-refractivity contribution in [3.8, 4) is 0 Å². The maximum absolute atomic E-state index is 12.0. The molecular formula is C14H13N3O2. The van der Waals surface area contributed by atoms with E-state index in [2.05, 4.69) is 27.6 Å². The minimum Gasteiger partial charge on any atom is -0.347 e. The quantitative estimate of drug-likeness (QED) is 0.828. The van der Waals surface area contributed by atoms with Crippen LogP contribution in [0.4, 0.5) is 0 Å². The number of rotatable bonds is 2. The fraction of sp³-hybridized carbons (Fsp3) is 0.214. The standard InChI is InChI=1S/C14H13N3O2/c18-13-6-5-12(16-17-13)14(19)15-11-7-9-3-1-2-4-10(9)8-11/h1-6,11H,7-8H2,(H,15,19)(H,17,18). The predicted octanol–water partition coefficient (Wildman–Crippen LogP) is 0.667. The van der Waals surface area contributed by atoms with E-state index in [1.807, 2.05) is 12.1 Å². The molecule has 3 rings (SSSR count). The average molecular weight is 255 g/mol. The van der Waals surface area contributed by atoms with E-state index in [0.29, 0.717) is 0 Å². The van der Waals surface area contributed by atoms with Crippen LogP contribution in [-0.4, -0.2) is 22.1 Å². The van der Waals surface area contributed by atoms with Crippen molar-refractivity contribution in [1.82, 2.24) is 15.5 Å². The van der Waals surface area contributed by atoms with Gasteiger partial charge in [0.15, 0.2) is 0 Å². The van der Waals surface area contributed by atoms with E-state index in [4.69, 9.17) is 0 Å². The number of aromatic nitrogens is 2. The van der Waals surface area contributed by atoms with Gasteiger partial charge >= 0.3 is 0 Å². The van der Waals surface area contributed by atoms with Crippen LogP contribution in [-0.2, 0) is 12.8 Å². The average Bonchev–Trinajstić information content (AvgIpc) is 2.81. The molecule has 0 radical (unpaired) electrons. The Morgan fingerprint density at radius 3 is 2.42 bits per heavy atom. The molecule has 1 aromatic heterocycles. The molecule has 1 heterocycles. The van der Waals surface area contributed by atoms with Crippen LogP contribution in [0.3, 0.4) is 0 Å². The van der Waals surface area contributed by atoms with Gasteiger partial charge < -0.3 is 5.32 Å². The highest BCUT2D eigenvalue weighted by Gasteiger charge is 2.23. The van der Waals surface area contributed by atoms with Crippen molar-refractivity contribution in [1.29, 1.82) is 0 Å². The summed E-state index contributed by atoms with van der Waals surface area (Å²) in [6.07, 6.45) is 1.68. The summed E-state index contributed by atoms with van der Waals surface area (Å²) < 4.78 is 0. The van der Waals surface area contributed by atoms with Crippen LogP contribution in [0.5, 0.6) is 0 Å². The topological polar surface area (TPSA) is 74.8 Å². The molecule has 2 aromatic rings. The molecule has 0 saturated heterocycles. The van der Waals surface area contributed by atoms with E-state index >= 15 is 0 Å². The van der Waals surface area contributed by atoms with Crippen molar-refractivity contribution < 1.29 is 4.79 Å². The van der Waals surface area contributed by atoms with Gasteiger partial charge in [0.25, 0.3) is 11.5 Å². The number of nitrogens with one attached hydrogen (secondary N) is 2. The minimum absolute atomic E-state index is 0.0960. The van der Waals surface area contributed by atoms with Crippen LogP contribution in [0.1, 0.15) is 21.6 Å². The molecule has 0 spiro atoms. The van der Waals surface area contributed by atoms with Gasteiger partial charge in [0.05, 0.1) is 0 Å². The summed E-state index contributed by atoms with van der Waals surface area (Å²) in [5.41, 5.74) is 2.48. The Bertz CT molecular complexity index is 633. The molecule has 1 aliphatic rings. The van der Waals surface area contributed by atoms with Gasteiger partial charge in [-0.2, -0.15) is 5.10 Å². The first-order valence-corrected chi connectivity index (χ1v) is 6.16. The van der Waals surface area contributed by atoms with Gasteiger partial charge in [-0.15, -0.1) is 0 Å². The van der Waals surface area contributed by atoms with Gasteiger partial charge in [-0.25, -0.2) is 5.10 Å². The molecule has 1 aliphatic carbocycles. The van der Waals surface area contributed by atoms with Crippen LogP contribution >= 0.6 is 0 Å². The number of fused-ring (bicyclic) bond motifs is 1. The maximum Gasteiger partial charge on any atom is 0.271 e. The predicted molar refractivity (Wildman–Crippen MR) is 70.0 cm³/mol. The lowest BCUT2D eigenvalue weighted by atomic mass is 10.1. The van der Waals surface area contributed by atoms with E-state index in [9.17, 15) is 9.59 Å². The van der Waals surface area contributed by atoms with Gasteiger partial charge in [0, 0.05) is 12.1 Å². The molecule has 0 aliphatic heterocycles. The van der Waals surface area contributed by atoms with E-state index < -0.39 is 0 Å². The number of hydrogen-bond acceptors (Lipinski definition) is 3. The van der Waals surface area contributed by atoms with Crippen LogP contribution in [0.2, 0.25) is 0 Å². The highest BCUT2D eigenvalue weighted by Crippen LogP contribution is 2.21.